The largest absolute Gasteiger partial charge is 0.462 e. The Morgan fingerprint density at radius 3 is 2.63 bits per heavy atom. The van der Waals surface area contributed by atoms with E-state index in [1.165, 1.54) is 29.9 Å². The first-order valence-electron chi connectivity index (χ1n) is 7.78. The molecule has 10 heteroatoms. The molecule has 0 aliphatic rings. The standard InChI is InChI=1S/C17H13Cl2N3O4S/c1-2-26-17(25)12-7-27-15-14(12)16(24)22(8-20-15)6-13(23)21-11-4-9(18)3-10(19)5-11/h3-5,7-8H,2,6H2,1H3,(H,21,23). The number of carbonyl (C=O) groups is 2. The van der Waals surface area contributed by atoms with Gasteiger partial charge >= 0.3 is 5.97 Å². The van der Waals surface area contributed by atoms with Crippen LogP contribution in [0.25, 0.3) is 10.2 Å². The van der Waals surface area contributed by atoms with E-state index in [1.54, 1.807) is 6.92 Å². The van der Waals surface area contributed by atoms with Crippen molar-refractivity contribution in [3.8, 4) is 0 Å². The van der Waals surface area contributed by atoms with Gasteiger partial charge in [0, 0.05) is 21.1 Å². The number of anilines is 1. The number of nitrogens with one attached hydrogen (secondary N) is 1. The van der Waals surface area contributed by atoms with E-state index in [-0.39, 0.29) is 24.1 Å². The Kier molecular flexibility index (Phi) is 5.79. The van der Waals surface area contributed by atoms with Crippen LogP contribution in [0.15, 0.2) is 34.7 Å². The SMILES string of the molecule is CCOC(=O)c1csc2ncn(CC(=O)Nc3cc(Cl)cc(Cl)c3)c(=O)c12. The van der Waals surface area contributed by atoms with Gasteiger partial charge in [-0.2, -0.15) is 0 Å². The summed E-state index contributed by atoms with van der Waals surface area (Å²) < 4.78 is 6.08. The Bertz CT molecular complexity index is 1070. The molecule has 27 heavy (non-hydrogen) atoms. The summed E-state index contributed by atoms with van der Waals surface area (Å²) in [6.07, 6.45) is 1.26. The van der Waals surface area contributed by atoms with Gasteiger partial charge in [0.2, 0.25) is 5.91 Å². The number of ether oxygens (including phenoxy) is 1. The van der Waals surface area contributed by atoms with E-state index in [4.69, 9.17) is 27.9 Å². The monoisotopic (exact) mass is 425 g/mol. The molecule has 0 fully saturated rings. The van der Waals surface area contributed by atoms with Crippen molar-refractivity contribution in [2.75, 3.05) is 11.9 Å². The molecule has 0 spiro atoms. The fourth-order valence-corrected chi connectivity index (χ4v) is 3.81. The Hall–Kier alpha value is -2.42. The third-order valence-corrected chi connectivity index (χ3v) is 4.84. The number of amides is 1. The quantitative estimate of drug-likeness (QED) is 0.630. The molecular weight excluding hydrogens is 413 g/mol. The molecule has 2 heterocycles. The maximum atomic E-state index is 12.7. The van der Waals surface area contributed by atoms with E-state index in [2.05, 4.69) is 10.3 Å². The Morgan fingerprint density at radius 1 is 1.26 bits per heavy atom. The van der Waals surface area contributed by atoms with Gasteiger partial charge in [0.15, 0.2) is 0 Å². The zero-order valence-corrected chi connectivity index (χ0v) is 16.3. The van der Waals surface area contributed by atoms with Crippen LogP contribution in [-0.2, 0) is 16.1 Å². The predicted molar refractivity (Wildman–Crippen MR) is 105 cm³/mol. The van der Waals surface area contributed by atoms with E-state index in [1.807, 2.05) is 0 Å². The molecule has 0 aliphatic heterocycles. The summed E-state index contributed by atoms with van der Waals surface area (Å²) in [7, 11) is 0. The van der Waals surface area contributed by atoms with Crippen LogP contribution in [0.3, 0.4) is 0 Å². The van der Waals surface area contributed by atoms with Crippen LogP contribution in [0.1, 0.15) is 17.3 Å². The number of nitrogens with zero attached hydrogens (tertiary/aromatic N) is 2. The maximum Gasteiger partial charge on any atom is 0.339 e. The number of rotatable bonds is 5. The predicted octanol–water partition coefficient (Wildman–Crippen LogP) is 3.58. The highest BCUT2D eigenvalue weighted by Crippen LogP contribution is 2.23. The van der Waals surface area contributed by atoms with E-state index in [0.29, 0.717) is 20.6 Å². The lowest BCUT2D eigenvalue weighted by molar-refractivity contribution is -0.116. The molecule has 2 aromatic heterocycles. The van der Waals surface area contributed by atoms with E-state index in [0.717, 1.165) is 15.9 Å². The summed E-state index contributed by atoms with van der Waals surface area (Å²) in [5, 5.41) is 5.02. The lowest BCUT2D eigenvalue weighted by atomic mass is 10.2. The normalized spacial score (nSPS) is 10.8. The molecule has 1 amide bonds. The van der Waals surface area contributed by atoms with Crippen LogP contribution < -0.4 is 10.9 Å². The second-order valence-corrected chi connectivity index (χ2v) is 7.16. The van der Waals surface area contributed by atoms with Crippen molar-refractivity contribution in [3.05, 3.63) is 55.9 Å². The zero-order chi connectivity index (χ0) is 19.6. The van der Waals surface area contributed by atoms with Crippen molar-refractivity contribution < 1.29 is 14.3 Å². The van der Waals surface area contributed by atoms with E-state index >= 15 is 0 Å². The van der Waals surface area contributed by atoms with Crippen LogP contribution in [0.2, 0.25) is 10.0 Å². The van der Waals surface area contributed by atoms with Crippen molar-refractivity contribution in [3.63, 3.8) is 0 Å². The minimum atomic E-state index is -0.599. The Balaban J connectivity index is 1.87. The van der Waals surface area contributed by atoms with Crippen LogP contribution >= 0.6 is 34.5 Å². The molecule has 0 saturated carbocycles. The molecule has 140 valence electrons. The molecule has 0 aliphatic carbocycles. The first kappa shape index (κ1) is 19.3. The highest BCUT2D eigenvalue weighted by atomic mass is 35.5. The van der Waals surface area contributed by atoms with Gasteiger partial charge in [-0.3, -0.25) is 14.2 Å². The van der Waals surface area contributed by atoms with Crippen molar-refractivity contribution in [2.24, 2.45) is 0 Å². The fourth-order valence-electron chi connectivity index (χ4n) is 2.42. The van der Waals surface area contributed by atoms with Gasteiger partial charge in [0.1, 0.15) is 11.4 Å². The number of hydrogen-bond acceptors (Lipinski definition) is 6. The number of esters is 1. The molecular formula is C17H13Cl2N3O4S. The third kappa shape index (κ3) is 4.29. The summed E-state index contributed by atoms with van der Waals surface area (Å²) in [4.78, 5) is 41.6. The van der Waals surface area contributed by atoms with Crippen LogP contribution in [-0.4, -0.2) is 28.0 Å². The molecule has 3 rings (SSSR count). The zero-order valence-electron chi connectivity index (χ0n) is 14.0. The van der Waals surface area contributed by atoms with Gasteiger partial charge in [-0.25, -0.2) is 9.78 Å². The van der Waals surface area contributed by atoms with Gasteiger partial charge in [-0.05, 0) is 25.1 Å². The average Bonchev–Trinajstić information content (AvgIpc) is 3.01. The van der Waals surface area contributed by atoms with Crippen LogP contribution in [0, 0.1) is 0 Å². The molecule has 0 saturated heterocycles. The lowest BCUT2D eigenvalue weighted by Gasteiger charge is -2.08. The number of hydrogen-bond donors (Lipinski definition) is 1. The lowest BCUT2D eigenvalue weighted by Crippen LogP contribution is -2.28. The molecule has 1 N–H and O–H groups in total. The number of thiophene rings is 1. The summed E-state index contributed by atoms with van der Waals surface area (Å²) in [6.45, 7) is 1.58. The smallest absolute Gasteiger partial charge is 0.339 e. The molecule has 0 unspecified atom stereocenters. The van der Waals surface area contributed by atoms with Gasteiger partial charge in [0.25, 0.3) is 5.56 Å². The number of fused-ring (bicyclic) bond motifs is 1. The minimum Gasteiger partial charge on any atom is -0.462 e. The summed E-state index contributed by atoms with van der Waals surface area (Å²) in [5.41, 5.74) is 0.0524. The van der Waals surface area contributed by atoms with Crippen molar-refractivity contribution in [1.29, 1.82) is 0 Å². The molecule has 0 radical (unpaired) electrons. The van der Waals surface area contributed by atoms with Gasteiger partial charge in [-0.1, -0.05) is 23.2 Å². The number of benzene rings is 1. The topological polar surface area (TPSA) is 90.3 Å². The first-order valence-corrected chi connectivity index (χ1v) is 9.42. The maximum absolute atomic E-state index is 12.7. The van der Waals surface area contributed by atoms with Gasteiger partial charge in [0.05, 0.1) is 23.9 Å². The third-order valence-electron chi connectivity index (χ3n) is 3.52. The molecule has 1 aromatic carbocycles. The van der Waals surface area contributed by atoms with Crippen molar-refractivity contribution in [2.45, 2.75) is 13.5 Å². The second kappa shape index (κ2) is 8.08. The van der Waals surface area contributed by atoms with Gasteiger partial charge < -0.3 is 10.1 Å². The number of halogens is 2. The Labute approximate surface area is 167 Å². The number of carbonyl (C=O) groups excluding carboxylic acids is 2. The summed E-state index contributed by atoms with van der Waals surface area (Å²) in [5.74, 6) is -1.07. The minimum absolute atomic E-state index is 0.138. The molecule has 0 bridgehead atoms. The molecule has 0 atom stereocenters. The van der Waals surface area contributed by atoms with Crippen LogP contribution in [0.5, 0.6) is 0 Å². The average molecular weight is 426 g/mol. The Morgan fingerprint density at radius 2 is 1.96 bits per heavy atom. The fraction of sp³-hybridized carbons (Fsp3) is 0.176. The highest BCUT2D eigenvalue weighted by Gasteiger charge is 2.19. The highest BCUT2D eigenvalue weighted by molar-refractivity contribution is 7.17. The first-order chi connectivity index (χ1) is 12.9. The summed E-state index contributed by atoms with van der Waals surface area (Å²) in [6, 6.07) is 4.61. The molecule has 7 nitrogen and oxygen atoms in total. The van der Waals surface area contributed by atoms with E-state index < -0.39 is 17.4 Å². The molecule has 3 aromatic rings. The van der Waals surface area contributed by atoms with Crippen LogP contribution in [0.4, 0.5) is 5.69 Å². The van der Waals surface area contributed by atoms with E-state index in [9.17, 15) is 14.4 Å². The van der Waals surface area contributed by atoms with Gasteiger partial charge in [-0.15, -0.1) is 11.3 Å². The van der Waals surface area contributed by atoms with Crippen molar-refractivity contribution in [1.82, 2.24) is 9.55 Å². The number of aromatic nitrogens is 2. The second-order valence-electron chi connectivity index (χ2n) is 5.43. The van der Waals surface area contributed by atoms with Crippen molar-refractivity contribution >= 4 is 62.3 Å². The summed E-state index contributed by atoms with van der Waals surface area (Å²) >= 11 is 13.0.